The van der Waals surface area contributed by atoms with Gasteiger partial charge in [0.15, 0.2) is 11.5 Å². The standard InChI is InChI=1S/C34H30N2O4/c1-2-38-33-21-26(19-20-32(33)40-23-25-11-4-3-5-12-25)24-39-31-18-9-7-14-28(31)22-35-36-34(37)30-17-10-15-27-13-6-8-16-29(27)30/h3-22H,2,23-24H2,1H3,(H,36,37)/b35-22+. The summed E-state index contributed by atoms with van der Waals surface area (Å²) in [7, 11) is 0. The van der Waals surface area contributed by atoms with Gasteiger partial charge in [-0.1, -0.05) is 84.9 Å². The molecule has 5 rings (SSSR count). The van der Waals surface area contributed by atoms with Crippen molar-refractivity contribution in [2.24, 2.45) is 5.10 Å². The van der Waals surface area contributed by atoms with Crippen LogP contribution in [0.25, 0.3) is 10.8 Å². The summed E-state index contributed by atoms with van der Waals surface area (Å²) in [6.45, 7) is 3.25. The summed E-state index contributed by atoms with van der Waals surface area (Å²) >= 11 is 0. The molecule has 0 aliphatic rings. The van der Waals surface area contributed by atoms with Crippen LogP contribution in [-0.2, 0) is 13.2 Å². The van der Waals surface area contributed by atoms with Crippen molar-refractivity contribution in [1.29, 1.82) is 0 Å². The molecule has 0 aromatic heterocycles. The summed E-state index contributed by atoms with van der Waals surface area (Å²) in [5.74, 6) is 1.73. The Kier molecular flexibility index (Phi) is 8.69. The average molecular weight is 531 g/mol. The molecule has 6 nitrogen and oxygen atoms in total. The van der Waals surface area contributed by atoms with Gasteiger partial charge in [-0.2, -0.15) is 5.10 Å². The van der Waals surface area contributed by atoms with Crippen molar-refractivity contribution in [1.82, 2.24) is 5.43 Å². The minimum atomic E-state index is -0.274. The highest BCUT2D eigenvalue weighted by Crippen LogP contribution is 2.30. The first-order valence-electron chi connectivity index (χ1n) is 13.2. The van der Waals surface area contributed by atoms with Crippen LogP contribution in [0.2, 0.25) is 0 Å². The highest BCUT2D eigenvalue weighted by molar-refractivity contribution is 6.07. The van der Waals surface area contributed by atoms with E-state index in [-0.39, 0.29) is 5.91 Å². The van der Waals surface area contributed by atoms with Crippen molar-refractivity contribution in [3.8, 4) is 17.2 Å². The lowest BCUT2D eigenvalue weighted by atomic mass is 10.0. The molecule has 0 bridgehead atoms. The maximum Gasteiger partial charge on any atom is 0.271 e. The second kappa shape index (κ2) is 13.1. The predicted octanol–water partition coefficient (Wildman–Crippen LogP) is 7.16. The predicted molar refractivity (Wildman–Crippen MR) is 158 cm³/mol. The van der Waals surface area contributed by atoms with E-state index in [1.54, 1.807) is 12.3 Å². The fraction of sp³-hybridized carbons (Fsp3) is 0.118. The molecule has 6 heteroatoms. The molecule has 5 aromatic rings. The second-order valence-electron chi connectivity index (χ2n) is 9.04. The van der Waals surface area contributed by atoms with Crippen molar-refractivity contribution in [3.05, 3.63) is 138 Å². The molecule has 0 radical (unpaired) electrons. The smallest absolute Gasteiger partial charge is 0.271 e. The van der Waals surface area contributed by atoms with Gasteiger partial charge in [0.2, 0.25) is 0 Å². The Hall–Kier alpha value is -5.10. The molecule has 0 aliphatic carbocycles. The van der Waals surface area contributed by atoms with Gasteiger partial charge in [0.25, 0.3) is 5.91 Å². The number of carbonyl (C=O) groups is 1. The van der Waals surface area contributed by atoms with Crippen LogP contribution >= 0.6 is 0 Å². The zero-order chi connectivity index (χ0) is 27.6. The Morgan fingerprint density at radius 2 is 1.43 bits per heavy atom. The first-order chi connectivity index (χ1) is 19.7. The Morgan fingerprint density at radius 3 is 2.30 bits per heavy atom. The number of carbonyl (C=O) groups excluding carboxylic acids is 1. The molecule has 5 aromatic carbocycles. The zero-order valence-corrected chi connectivity index (χ0v) is 22.2. The number of nitrogens with zero attached hydrogens (tertiary/aromatic N) is 1. The van der Waals surface area contributed by atoms with Gasteiger partial charge in [0, 0.05) is 11.1 Å². The van der Waals surface area contributed by atoms with Gasteiger partial charge in [-0.15, -0.1) is 0 Å². The summed E-state index contributed by atoms with van der Waals surface area (Å²) in [6, 6.07) is 36.8. The number of amides is 1. The van der Waals surface area contributed by atoms with Crippen molar-refractivity contribution in [2.45, 2.75) is 20.1 Å². The van der Waals surface area contributed by atoms with Gasteiger partial charge in [0.1, 0.15) is 19.0 Å². The Balaban J connectivity index is 1.23. The van der Waals surface area contributed by atoms with Crippen LogP contribution in [0.15, 0.2) is 120 Å². The quantitative estimate of drug-likeness (QED) is 0.145. The average Bonchev–Trinajstić information content (AvgIpc) is 3.00. The molecule has 0 unspecified atom stereocenters. The third-order valence-corrected chi connectivity index (χ3v) is 6.26. The van der Waals surface area contributed by atoms with Gasteiger partial charge in [-0.3, -0.25) is 4.79 Å². The van der Waals surface area contributed by atoms with Crippen molar-refractivity contribution >= 4 is 22.9 Å². The largest absolute Gasteiger partial charge is 0.490 e. The van der Waals surface area contributed by atoms with Crippen molar-refractivity contribution in [2.75, 3.05) is 6.61 Å². The van der Waals surface area contributed by atoms with Crippen LogP contribution in [-0.4, -0.2) is 18.7 Å². The van der Waals surface area contributed by atoms with E-state index in [0.717, 1.165) is 27.5 Å². The fourth-order valence-corrected chi connectivity index (χ4v) is 4.29. The molecule has 200 valence electrons. The molecule has 0 saturated heterocycles. The molecular weight excluding hydrogens is 500 g/mol. The van der Waals surface area contributed by atoms with Crippen molar-refractivity contribution < 1.29 is 19.0 Å². The SMILES string of the molecule is CCOc1cc(COc2ccccc2/C=N/NC(=O)c2cccc3ccccc23)ccc1OCc1ccccc1. The van der Waals surface area contributed by atoms with Crippen LogP contribution in [0, 0.1) is 0 Å². The van der Waals surface area contributed by atoms with Gasteiger partial charge in [-0.25, -0.2) is 5.43 Å². The molecule has 1 N–H and O–H groups in total. The number of benzene rings is 5. The molecular formula is C34H30N2O4. The summed E-state index contributed by atoms with van der Waals surface area (Å²) in [5, 5.41) is 6.07. The van der Waals surface area contributed by atoms with Crippen LogP contribution in [0.5, 0.6) is 17.2 Å². The van der Waals surface area contributed by atoms with Crippen molar-refractivity contribution in [3.63, 3.8) is 0 Å². The van der Waals surface area contributed by atoms with E-state index >= 15 is 0 Å². The third kappa shape index (κ3) is 6.66. The lowest BCUT2D eigenvalue weighted by Crippen LogP contribution is -2.18. The molecule has 0 aliphatic heterocycles. The van der Waals surface area contributed by atoms with E-state index in [9.17, 15) is 4.79 Å². The van der Waals surface area contributed by atoms with Crippen LogP contribution in [0.4, 0.5) is 0 Å². The lowest BCUT2D eigenvalue weighted by Gasteiger charge is -2.14. The first kappa shape index (κ1) is 26.5. The minimum Gasteiger partial charge on any atom is -0.490 e. The number of hydrazone groups is 1. The topological polar surface area (TPSA) is 69.2 Å². The fourth-order valence-electron chi connectivity index (χ4n) is 4.29. The molecule has 0 atom stereocenters. The van der Waals surface area contributed by atoms with Gasteiger partial charge in [0.05, 0.1) is 12.8 Å². The summed E-state index contributed by atoms with van der Waals surface area (Å²) in [5.41, 5.74) is 5.97. The van der Waals surface area contributed by atoms with E-state index in [1.165, 1.54) is 0 Å². The second-order valence-corrected chi connectivity index (χ2v) is 9.04. The highest BCUT2D eigenvalue weighted by Gasteiger charge is 2.10. The van der Waals surface area contributed by atoms with Gasteiger partial charge in [-0.05, 0) is 59.2 Å². The normalized spacial score (nSPS) is 10.9. The number of nitrogens with one attached hydrogen (secondary N) is 1. The third-order valence-electron chi connectivity index (χ3n) is 6.26. The molecule has 0 saturated carbocycles. The van der Waals surface area contributed by atoms with E-state index in [4.69, 9.17) is 14.2 Å². The molecule has 0 heterocycles. The van der Waals surface area contributed by atoms with E-state index in [2.05, 4.69) is 10.5 Å². The number of hydrogen-bond donors (Lipinski definition) is 1. The summed E-state index contributed by atoms with van der Waals surface area (Å²) in [6.07, 6.45) is 1.59. The Bertz CT molecular complexity index is 1610. The number of fused-ring (bicyclic) bond motifs is 1. The first-order valence-corrected chi connectivity index (χ1v) is 13.2. The summed E-state index contributed by atoms with van der Waals surface area (Å²) < 4.78 is 18.0. The number of ether oxygens (including phenoxy) is 3. The van der Waals surface area contributed by atoms with Crippen LogP contribution < -0.4 is 19.6 Å². The van der Waals surface area contributed by atoms with Gasteiger partial charge >= 0.3 is 0 Å². The molecule has 0 spiro atoms. The van der Waals surface area contributed by atoms with Gasteiger partial charge < -0.3 is 14.2 Å². The maximum absolute atomic E-state index is 12.8. The maximum atomic E-state index is 12.8. The minimum absolute atomic E-state index is 0.274. The van der Waals surface area contributed by atoms with Crippen LogP contribution in [0.1, 0.15) is 34.0 Å². The monoisotopic (exact) mass is 530 g/mol. The lowest BCUT2D eigenvalue weighted by molar-refractivity contribution is 0.0956. The number of hydrogen-bond acceptors (Lipinski definition) is 5. The zero-order valence-electron chi connectivity index (χ0n) is 22.2. The number of rotatable bonds is 11. The Labute approximate surface area is 233 Å². The Morgan fingerprint density at radius 1 is 0.700 bits per heavy atom. The molecule has 0 fully saturated rings. The molecule has 40 heavy (non-hydrogen) atoms. The van der Waals surface area contributed by atoms with E-state index in [1.807, 2.05) is 116 Å². The molecule has 1 amide bonds. The van der Waals surface area contributed by atoms with Crippen LogP contribution in [0.3, 0.4) is 0 Å². The summed E-state index contributed by atoms with van der Waals surface area (Å²) in [4.78, 5) is 12.8. The van der Waals surface area contributed by atoms with E-state index in [0.29, 0.717) is 42.6 Å². The number of para-hydroxylation sites is 1. The highest BCUT2D eigenvalue weighted by atomic mass is 16.5. The van der Waals surface area contributed by atoms with E-state index < -0.39 is 0 Å².